The Morgan fingerprint density at radius 1 is 1.47 bits per heavy atom. The second kappa shape index (κ2) is 7.67. The molecule has 0 aliphatic heterocycles. The molecule has 1 aliphatic rings. The monoisotopic (exact) mass is 266 g/mol. The van der Waals surface area contributed by atoms with Gasteiger partial charge in [-0.05, 0) is 25.2 Å². The molecule has 0 radical (unpaired) electrons. The minimum atomic E-state index is -0.766. The molecule has 19 heavy (non-hydrogen) atoms. The Hall–Kier alpha value is -1.70. The highest BCUT2D eigenvalue weighted by Crippen LogP contribution is 2.31. The summed E-state index contributed by atoms with van der Waals surface area (Å²) in [5, 5.41) is 14.5. The Bertz CT molecular complexity index is 362. The van der Waals surface area contributed by atoms with Crippen LogP contribution in [0.2, 0.25) is 0 Å². The second-order valence-electron chi connectivity index (χ2n) is 5.00. The summed E-state index contributed by atoms with van der Waals surface area (Å²) in [5.41, 5.74) is 0. The van der Waals surface area contributed by atoms with Crippen molar-refractivity contribution in [1.82, 2.24) is 10.6 Å². The van der Waals surface area contributed by atoms with E-state index in [9.17, 15) is 9.59 Å². The number of rotatable bonds is 6. The zero-order valence-electron chi connectivity index (χ0n) is 11.3. The van der Waals surface area contributed by atoms with Crippen molar-refractivity contribution in [2.24, 2.45) is 11.8 Å². The average Bonchev–Trinajstić information content (AvgIpc) is 2.84. The summed E-state index contributed by atoms with van der Waals surface area (Å²) in [4.78, 5) is 22.7. The maximum Gasteiger partial charge on any atom is 0.315 e. The van der Waals surface area contributed by atoms with Gasteiger partial charge in [0.05, 0.1) is 12.0 Å². The van der Waals surface area contributed by atoms with Crippen LogP contribution in [-0.4, -0.2) is 29.7 Å². The fraction of sp³-hybridized carbons (Fsp3) is 0.714. The van der Waals surface area contributed by atoms with E-state index in [4.69, 9.17) is 11.5 Å². The third-order valence-electron chi connectivity index (χ3n) is 3.58. The highest BCUT2D eigenvalue weighted by atomic mass is 16.4. The van der Waals surface area contributed by atoms with Crippen molar-refractivity contribution in [1.29, 1.82) is 0 Å². The fourth-order valence-electron chi connectivity index (χ4n) is 2.53. The standard InChI is InChI=1S/C14H22N2O3/c1-3-6-11(4-2)16-14(19)15-9-10-7-5-8-12(10)13(17)18/h2,10-12H,3,5-9H2,1H3,(H,17,18)(H2,15,16,19). The van der Waals surface area contributed by atoms with Gasteiger partial charge in [0, 0.05) is 6.54 Å². The Balaban J connectivity index is 2.34. The van der Waals surface area contributed by atoms with E-state index in [1.54, 1.807) is 0 Å². The Morgan fingerprint density at radius 2 is 2.21 bits per heavy atom. The van der Waals surface area contributed by atoms with E-state index in [-0.39, 0.29) is 23.9 Å². The minimum Gasteiger partial charge on any atom is -0.481 e. The molecular formula is C14H22N2O3. The number of carboxylic acid groups (broad SMARTS) is 1. The summed E-state index contributed by atoms with van der Waals surface area (Å²) in [6.45, 7) is 2.39. The summed E-state index contributed by atoms with van der Waals surface area (Å²) >= 11 is 0. The molecule has 0 heterocycles. The molecule has 3 N–H and O–H groups in total. The van der Waals surface area contributed by atoms with E-state index in [0.29, 0.717) is 13.0 Å². The first kappa shape index (κ1) is 15.4. The topological polar surface area (TPSA) is 78.4 Å². The minimum absolute atomic E-state index is 0.0266. The van der Waals surface area contributed by atoms with Crippen LogP contribution in [0.5, 0.6) is 0 Å². The first-order valence-corrected chi connectivity index (χ1v) is 6.81. The molecule has 0 aromatic heterocycles. The smallest absolute Gasteiger partial charge is 0.315 e. The third kappa shape index (κ3) is 4.82. The first-order chi connectivity index (χ1) is 9.08. The lowest BCUT2D eigenvalue weighted by atomic mass is 9.96. The maximum atomic E-state index is 11.7. The van der Waals surface area contributed by atoms with E-state index in [1.165, 1.54) is 0 Å². The van der Waals surface area contributed by atoms with Crippen LogP contribution in [0.25, 0.3) is 0 Å². The van der Waals surface area contributed by atoms with Gasteiger partial charge in [0.2, 0.25) is 0 Å². The summed E-state index contributed by atoms with van der Waals surface area (Å²) in [6.07, 6.45) is 9.42. The Labute approximate surface area is 114 Å². The Kier molecular flexibility index (Phi) is 6.20. The van der Waals surface area contributed by atoms with Gasteiger partial charge >= 0.3 is 12.0 Å². The predicted octanol–water partition coefficient (Wildman–Crippen LogP) is 1.59. The lowest BCUT2D eigenvalue weighted by Gasteiger charge is -2.18. The number of hydrogen-bond acceptors (Lipinski definition) is 2. The van der Waals surface area contributed by atoms with Crippen LogP contribution in [0.4, 0.5) is 4.79 Å². The molecule has 0 bridgehead atoms. The number of nitrogens with one attached hydrogen (secondary N) is 2. The number of carbonyl (C=O) groups excluding carboxylic acids is 1. The average molecular weight is 266 g/mol. The molecular weight excluding hydrogens is 244 g/mol. The number of terminal acetylenes is 1. The molecule has 1 saturated carbocycles. The molecule has 0 saturated heterocycles. The molecule has 106 valence electrons. The van der Waals surface area contributed by atoms with Crippen LogP contribution in [0.15, 0.2) is 0 Å². The van der Waals surface area contributed by atoms with E-state index in [0.717, 1.165) is 25.7 Å². The summed E-state index contributed by atoms with van der Waals surface area (Å²) in [6, 6.07) is -0.573. The summed E-state index contributed by atoms with van der Waals surface area (Å²) in [7, 11) is 0. The molecule has 5 heteroatoms. The zero-order valence-corrected chi connectivity index (χ0v) is 11.3. The number of carbonyl (C=O) groups is 2. The van der Waals surface area contributed by atoms with Crippen molar-refractivity contribution in [3.8, 4) is 12.3 Å². The van der Waals surface area contributed by atoms with Crippen LogP contribution in [0.1, 0.15) is 39.0 Å². The van der Waals surface area contributed by atoms with Crippen molar-refractivity contribution < 1.29 is 14.7 Å². The van der Waals surface area contributed by atoms with E-state index in [1.807, 2.05) is 6.92 Å². The van der Waals surface area contributed by atoms with E-state index < -0.39 is 5.97 Å². The molecule has 3 atom stereocenters. The van der Waals surface area contributed by atoms with E-state index in [2.05, 4.69) is 16.6 Å². The number of carboxylic acids is 1. The van der Waals surface area contributed by atoms with Crippen LogP contribution < -0.4 is 10.6 Å². The molecule has 0 spiro atoms. The second-order valence-corrected chi connectivity index (χ2v) is 5.00. The highest BCUT2D eigenvalue weighted by molar-refractivity contribution is 5.75. The van der Waals surface area contributed by atoms with Gasteiger partial charge in [-0.1, -0.05) is 25.7 Å². The van der Waals surface area contributed by atoms with Crippen molar-refractivity contribution in [2.45, 2.75) is 45.1 Å². The van der Waals surface area contributed by atoms with Gasteiger partial charge in [-0.25, -0.2) is 4.79 Å². The van der Waals surface area contributed by atoms with Crippen molar-refractivity contribution in [3.05, 3.63) is 0 Å². The van der Waals surface area contributed by atoms with E-state index >= 15 is 0 Å². The maximum absolute atomic E-state index is 11.7. The zero-order chi connectivity index (χ0) is 14.3. The highest BCUT2D eigenvalue weighted by Gasteiger charge is 2.32. The largest absolute Gasteiger partial charge is 0.481 e. The SMILES string of the molecule is C#CC(CCC)NC(=O)NCC1CCCC1C(=O)O. The molecule has 1 aliphatic carbocycles. The van der Waals surface area contributed by atoms with Gasteiger partial charge in [-0.15, -0.1) is 6.42 Å². The van der Waals surface area contributed by atoms with Gasteiger partial charge < -0.3 is 15.7 Å². The van der Waals surface area contributed by atoms with Crippen LogP contribution >= 0.6 is 0 Å². The van der Waals surface area contributed by atoms with Gasteiger partial charge in [-0.3, -0.25) is 4.79 Å². The van der Waals surface area contributed by atoms with Crippen LogP contribution in [0, 0.1) is 24.2 Å². The molecule has 3 unspecified atom stereocenters. The van der Waals surface area contributed by atoms with Gasteiger partial charge in [-0.2, -0.15) is 0 Å². The lowest BCUT2D eigenvalue weighted by Crippen LogP contribution is -2.43. The number of hydrogen-bond donors (Lipinski definition) is 3. The normalized spacial score (nSPS) is 23.4. The number of aliphatic carboxylic acids is 1. The molecule has 0 aromatic carbocycles. The van der Waals surface area contributed by atoms with Crippen LogP contribution in [-0.2, 0) is 4.79 Å². The quantitative estimate of drug-likeness (QED) is 0.639. The fourth-order valence-corrected chi connectivity index (χ4v) is 2.53. The molecule has 5 nitrogen and oxygen atoms in total. The molecule has 0 aromatic rings. The summed E-state index contributed by atoms with van der Waals surface area (Å²) < 4.78 is 0. The molecule has 2 amide bonds. The van der Waals surface area contributed by atoms with Crippen molar-refractivity contribution in [3.63, 3.8) is 0 Å². The predicted molar refractivity (Wildman–Crippen MR) is 72.5 cm³/mol. The van der Waals surface area contributed by atoms with Gasteiger partial charge in [0.25, 0.3) is 0 Å². The first-order valence-electron chi connectivity index (χ1n) is 6.81. The van der Waals surface area contributed by atoms with Crippen molar-refractivity contribution in [2.75, 3.05) is 6.54 Å². The number of urea groups is 1. The molecule has 1 rings (SSSR count). The van der Waals surface area contributed by atoms with Crippen LogP contribution in [0.3, 0.4) is 0 Å². The molecule has 1 fully saturated rings. The number of amides is 2. The van der Waals surface area contributed by atoms with Gasteiger partial charge in [0.15, 0.2) is 0 Å². The van der Waals surface area contributed by atoms with Gasteiger partial charge in [0.1, 0.15) is 0 Å². The van der Waals surface area contributed by atoms with Crippen molar-refractivity contribution >= 4 is 12.0 Å². The summed E-state index contributed by atoms with van der Waals surface area (Å²) in [5.74, 6) is 1.45. The lowest BCUT2D eigenvalue weighted by molar-refractivity contribution is -0.142. The Morgan fingerprint density at radius 3 is 2.79 bits per heavy atom. The third-order valence-corrected chi connectivity index (χ3v) is 3.58.